The zero-order valence-corrected chi connectivity index (χ0v) is 14.1. The Bertz CT molecular complexity index is 884. The third-order valence-electron chi connectivity index (χ3n) is 3.98. The summed E-state index contributed by atoms with van der Waals surface area (Å²) in [5.41, 5.74) is 1.56. The summed E-state index contributed by atoms with van der Waals surface area (Å²) in [7, 11) is 0. The topological polar surface area (TPSA) is 55.6 Å². The van der Waals surface area contributed by atoms with Crippen molar-refractivity contribution in [2.24, 2.45) is 0 Å². The van der Waals surface area contributed by atoms with Crippen LogP contribution < -0.4 is 5.32 Å². The second-order valence-electron chi connectivity index (χ2n) is 5.99. The summed E-state index contributed by atoms with van der Waals surface area (Å²) in [6.07, 6.45) is -2.57. The van der Waals surface area contributed by atoms with Crippen LogP contribution in [0.4, 0.5) is 18.9 Å². The van der Waals surface area contributed by atoms with Crippen molar-refractivity contribution in [2.45, 2.75) is 33.0 Å². The van der Waals surface area contributed by atoms with Crippen molar-refractivity contribution < 1.29 is 13.2 Å². The standard InChI is InChI=1S/C17H18F3N5/c1-10(8-22-14-6-4-13(5-7-14)17(18,19)20)25-16-15(11(2)24-25)9-21-12(3)23-16/h4-7,9-10,22H,8H2,1-3H3. The molecule has 3 rings (SSSR count). The summed E-state index contributed by atoms with van der Waals surface area (Å²) < 4.78 is 39.6. The highest BCUT2D eigenvalue weighted by atomic mass is 19.4. The fourth-order valence-electron chi connectivity index (χ4n) is 2.59. The van der Waals surface area contributed by atoms with E-state index in [4.69, 9.17) is 0 Å². The molecule has 2 aromatic heterocycles. The van der Waals surface area contributed by atoms with Gasteiger partial charge in [-0.2, -0.15) is 18.3 Å². The number of alkyl halides is 3. The van der Waals surface area contributed by atoms with Crippen LogP contribution in [0.1, 0.15) is 30.0 Å². The lowest BCUT2D eigenvalue weighted by molar-refractivity contribution is -0.137. The number of halogens is 3. The Balaban J connectivity index is 1.75. The van der Waals surface area contributed by atoms with E-state index in [-0.39, 0.29) is 6.04 Å². The molecule has 1 unspecified atom stereocenters. The molecule has 25 heavy (non-hydrogen) atoms. The van der Waals surface area contributed by atoms with Crippen LogP contribution in [0.3, 0.4) is 0 Å². The van der Waals surface area contributed by atoms with Gasteiger partial charge >= 0.3 is 6.18 Å². The predicted octanol–water partition coefficient (Wildman–Crippen LogP) is 4.14. The van der Waals surface area contributed by atoms with Crippen LogP contribution in [0.2, 0.25) is 0 Å². The number of nitrogens with one attached hydrogen (secondary N) is 1. The fourth-order valence-corrected chi connectivity index (χ4v) is 2.59. The third-order valence-corrected chi connectivity index (χ3v) is 3.98. The van der Waals surface area contributed by atoms with Crippen LogP contribution in [0.15, 0.2) is 30.5 Å². The predicted molar refractivity (Wildman–Crippen MR) is 89.4 cm³/mol. The molecule has 0 aliphatic heterocycles. The minimum Gasteiger partial charge on any atom is -0.383 e. The molecular weight excluding hydrogens is 331 g/mol. The first-order valence-electron chi connectivity index (χ1n) is 7.85. The molecule has 0 bridgehead atoms. The average Bonchev–Trinajstić information content (AvgIpc) is 2.88. The molecule has 0 aliphatic carbocycles. The van der Waals surface area contributed by atoms with Crippen LogP contribution in [0.25, 0.3) is 11.0 Å². The van der Waals surface area contributed by atoms with Crippen LogP contribution in [-0.4, -0.2) is 26.3 Å². The highest BCUT2D eigenvalue weighted by Crippen LogP contribution is 2.30. The molecule has 1 N–H and O–H groups in total. The van der Waals surface area contributed by atoms with E-state index in [0.29, 0.717) is 18.1 Å². The smallest absolute Gasteiger partial charge is 0.383 e. The van der Waals surface area contributed by atoms with Crippen molar-refractivity contribution in [3.8, 4) is 0 Å². The van der Waals surface area contributed by atoms with Crippen molar-refractivity contribution in [1.29, 1.82) is 0 Å². The molecule has 8 heteroatoms. The van der Waals surface area contributed by atoms with E-state index in [9.17, 15) is 13.2 Å². The lowest BCUT2D eigenvalue weighted by Gasteiger charge is -2.15. The summed E-state index contributed by atoms with van der Waals surface area (Å²) in [5.74, 6) is 0.663. The summed E-state index contributed by atoms with van der Waals surface area (Å²) in [4.78, 5) is 8.64. The minimum absolute atomic E-state index is 0.0345. The molecule has 1 aromatic carbocycles. The summed E-state index contributed by atoms with van der Waals surface area (Å²) in [5, 5.41) is 8.55. The molecule has 0 radical (unpaired) electrons. The van der Waals surface area contributed by atoms with E-state index >= 15 is 0 Å². The second kappa shape index (κ2) is 6.34. The Morgan fingerprint density at radius 2 is 1.84 bits per heavy atom. The maximum absolute atomic E-state index is 12.6. The Hall–Kier alpha value is -2.64. The second-order valence-corrected chi connectivity index (χ2v) is 5.99. The molecule has 0 aliphatic rings. The molecule has 1 atom stereocenters. The van der Waals surface area contributed by atoms with Gasteiger partial charge in [0.25, 0.3) is 0 Å². The minimum atomic E-state index is -4.32. The van der Waals surface area contributed by atoms with Gasteiger partial charge in [0.05, 0.1) is 22.7 Å². The Morgan fingerprint density at radius 3 is 2.48 bits per heavy atom. The maximum Gasteiger partial charge on any atom is 0.416 e. The van der Waals surface area contributed by atoms with E-state index in [1.807, 2.05) is 25.5 Å². The molecule has 0 fully saturated rings. The Labute approximate surface area is 142 Å². The quantitative estimate of drug-likeness (QED) is 0.769. The SMILES string of the molecule is Cc1ncc2c(C)nn(C(C)CNc3ccc(C(F)(F)F)cc3)c2n1. The Kier molecular flexibility index (Phi) is 4.36. The molecular formula is C17H18F3N5. The lowest BCUT2D eigenvalue weighted by Crippen LogP contribution is -2.18. The van der Waals surface area contributed by atoms with Gasteiger partial charge in [-0.25, -0.2) is 14.6 Å². The first-order chi connectivity index (χ1) is 11.8. The van der Waals surface area contributed by atoms with E-state index in [1.165, 1.54) is 12.1 Å². The van der Waals surface area contributed by atoms with Crippen molar-refractivity contribution in [1.82, 2.24) is 19.7 Å². The normalized spacial score (nSPS) is 13.2. The first-order valence-corrected chi connectivity index (χ1v) is 7.85. The van der Waals surface area contributed by atoms with Crippen LogP contribution in [0.5, 0.6) is 0 Å². The van der Waals surface area contributed by atoms with Gasteiger partial charge in [-0.1, -0.05) is 0 Å². The zero-order chi connectivity index (χ0) is 18.2. The molecule has 0 saturated carbocycles. The number of benzene rings is 1. The first kappa shape index (κ1) is 17.2. The molecule has 0 spiro atoms. The average molecular weight is 349 g/mol. The van der Waals surface area contributed by atoms with Gasteiger partial charge in [0.2, 0.25) is 0 Å². The summed E-state index contributed by atoms with van der Waals surface area (Å²) in [6, 6.07) is 4.95. The van der Waals surface area contributed by atoms with E-state index < -0.39 is 11.7 Å². The van der Waals surface area contributed by atoms with E-state index in [2.05, 4.69) is 20.4 Å². The molecule has 0 amide bonds. The van der Waals surface area contributed by atoms with E-state index in [0.717, 1.165) is 28.9 Å². The van der Waals surface area contributed by atoms with Crippen molar-refractivity contribution in [3.63, 3.8) is 0 Å². The molecule has 132 valence electrons. The van der Waals surface area contributed by atoms with Gasteiger partial charge in [0, 0.05) is 18.4 Å². The van der Waals surface area contributed by atoms with Gasteiger partial charge in [0.1, 0.15) is 5.82 Å². The number of hydrogen-bond acceptors (Lipinski definition) is 4. The van der Waals surface area contributed by atoms with Crippen molar-refractivity contribution in [3.05, 3.63) is 47.5 Å². The van der Waals surface area contributed by atoms with E-state index in [1.54, 1.807) is 6.20 Å². The zero-order valence-electron chi connectivity index (χ0n) is 14.1. The van der Waals surface area contributed by atoms with Gasteiger partial charge in [-0.15, -0.1) is 0 Å². The number of aryl methyl sites for hydroxylation is 2. The molecule has 2 heterocycles. The van der Waals surface area contributed by atoms with Gasteiger partial charge in [0.15, 0.2) is 5.65 Å². The lowest BCUT2D eigenvalue weighted by atomic mass is 10.2. The molecule has 5 nitrogen and oxygen atoms in total. The number of nitrogens with zero attached hydrogens (tertiary/aromatic N) is 4. The van der Waals surface area contributed by atoms with Gasteiger partial charge in [-0.3, -0.25) is 0 Å². The number of rotatable bonds is 4. The molecule has 3 aromatic rings. The van der Waals surface area contributed by atoms with Crippen LogP contribution in [0, 0.1) is 13.8 Å². The molecule has 0 saturated heterocycles. The summed E-state index contributed by atoms with van der Waals surface area (Å²) >= 11 is 0. The van der Waals surface area contributed by atoms with Crippen LogP contribution >= 0.6 is 0 Å². The monoisotopic (exact) mass is 349 g/mol. The maximum atomic E-state index is 12.6. The van der Waals surface area contributed by atoms with Gasteiger partial charge < -0.3 is 5.32 Å². The fraction of sp³-hybridized carbons (Fsp3) is 0.353. The van der Waals surface area contributed by atoms with Crippen molar-refractivity contribution >= 4 is 16.7 Å². The highest BCUT2D eigenvalue weighted by Gasteiger charge is 2.29. The summed E-state index contributed by atoms with van der Waals surface area (Å²) in [6.45, 7) is 6.19. The number of aromatic nitrogens is 4. The van der Waals surface area contributed by atoms with Crippen LogP contribution in [-0.2, 0) is 6.18 Å². The van der Waals surface area contributed by atoms with Crippen molar-refractivity contribution in [2.75, 3.05) is 11.9 Å². The van der Waals surface area contributed by atoms with Gasteiger partial charge in [-0.05, 0) is 45.0 Å². The third kappa shape index (κ3) is 3.57. The largest absolute Gasteiger partial charge is 0.416 e. The number of hydrogen-bond donors (Lipinski definition) is 1. The Morgan fingerprint density at radius 1 is 1.16 bits per heavy atom. The number of anilines is 1. The number of fused-ring (bicyclic) bond motifs is 1. The highest BCUT2D eigenvalue weighted by molar-refractivity contribution is 5.77.